The van der Waals surface area contributed by atoms with E-state index >= 15 is 0 Å². The Morgan fingerprint density at radius 1 is 1.35 bits per heavy atom. The van der Waals surface area contributed by atoms with Gasteiger partial charge in [0.25, 0.3) is 0 Å². The maximum atomic E-state index is 11.4. The van der Waals surface area contributed by atoms with Crippen molar-refractivity contribution in [3.63, 3.8) is 0 Å². The number of carbonyl (C=O) groups is 2. The first-order valence-corrected chi connectivity index (χ1v) is 6.76. The number of ether oxygens (including phenoxy) is 2. The molecule has 0 rings (SSSR count). The minimum Gasteiger partial charge on any atom is -0.467 e. The molecule has 17 heavy (non-hydrogen) atoms. The van der Waals surface area contributed by atoms with Crippen molar-refractivity contribution in [2.75, 3.05) is 19.1 Å². The van der Waals surface area contributed by atoms with Crippen molar-refractivity contribution in [3.05, 3.63) is 0 Å². The summed E-state index contributed by atoms with van der Waals surface area (Å²) in [6.45, 7) is 5.12. The summed E-state index contributed by atoms with van der Waals surface area (Å²) in [4.78, 5) is 22.8. The lowest BCUT2D eigenvalue weighted by molar-refractivity contribution is -0.142. The van der Waals surface area contributed by atoms with Crippen LogP contribution in [0.3, 0.4) is 0 Å². The topological polar surface area (TPSA) is 81.7 Å². The minimum absolute atomic E-state index is 0.00802. The van der Waals surface area contributed by atoms with Gasteiger partial charge in [0.15, 0.2) is 0 Å². The zero-order valence-corrected chi connectivity index (χ0v) is 11.6. The zero-order chi connectivity index (χ0) is 13.6. The molecule has 0 heterocycles. The van der Waals surface area contributed by atoms with Crippen LogP contribution in [0.2, 0.25) is 0 Å². The number of carbonyl (C=O) groups excluding carboxylic acids is 2. The van der Waals surface area contributed by atoms with Gasteiger partial charge in [0.05, 0.1) is 12.9 Å². The third kappa shape index (κ3) is 7.73. The van der Waals surface area contributed by atoms with Gasteiger partial charge in [0, 0.05) is 17.1 Å². The molecule has 0 aromatic carbocycles. The summed E-state index contributed by atoms with van der Waals surface area (Å²) in [6, 6.07) is -0.958. The molecule has 6 nitrogen and oxygen atoms in total. The number of esters is 1. The predicted octanol–water partition coefficient (Wildman–Crippen LogP) is 0.431. The van der Waals surface area contributed by atoms with Crippen molar-refractivity contribution >= 4 is 22.9 Å². The normalized spacial score (nSPS) is 14.6. The first-order valence-electron chi connectivity index (χ1n) is 5.03. The molecule has 0 aliphatic heterocycles. The van der Waals surface area contributed by atoms with Gasteiger partial charge < -0.3 is 14.8 Å². The first kappa shape index (κ1) is 15.9. The van der Waals surface area contributed by atoms with Crippen molar-refractivity contribution < 1.29 is 23.3 Å². The van der Waals surface area contributed by atoms with Crippen molar-refractivity contribution in [1.29, 1.82) is 0 Å². The summed E-state index contributed by atoms with van der Waals surface area (Å²) < 4.78 is 20.5. The Labute approximate surface area is 103 Å². The standard InChI is InChI=1S/C10H19NO5S/c1-10(2,3)16-9(13)11-7(6-17(5)14)8(12)15-4/h7H,6H2,1-5H3,(H,11,13)/t7-,17?/m0/s1. The number of methoxy groups -OCH3 is 1. The Morgan fingerprint density at radius 2 is 1.88 bits per heavy atom. The molecular formula is C10H19NO5S. The maximum absolute atomic E-state index is 11.4. The summed E-state index contributed by atoms with van der Waals surface area (Å²) in [5.41, 5.74) is -0.657. The molecule has 2 atom stereocenters. The Balaban J connectivity index is 4.48. The second-order valence-electron chi connectivity index (χ2n) is 4.46. The highest BCUT2D eigenvalue weighted by Crippen LogP contribution is 2.07. The van der Waals surface area contributed by atoms with Crippen LogP contribution in [0.5, 0.6) is 0 Å². The molecule has 0 spiro atoms. The van der Waals surface area contributed by atoms with Crippen LogP contribution in [0.15, 0.2) is 0 Å². The number of nitrogens with one attached hydrogen (secondary N) is 1. The summed E-state index contributed by atoms with van der Waals surface area (Å²) >= 11 is 0. The van der Waals surface area contributed by atoms with Gasteiger partial charge in [0.2, 0.25) is 0 Å². The molecule has 0 saturated carbocycles. The fraction of sp³-hybridized carbons (Fsp3) is 0.800. The van der Waals surface area contributed by atoms with E-state index < -0.39 is 34.5 Å². The van der Waals surface area contributed by atoms with E-state index in [-0.39, 0.29) is 5.75 Å². The van der Waals surface area contributed by atoms with Crippen molar-refractivity contribution in [2.24, 2.45) is 0 Å². The molecule has 0 fully saturated rings. The van der Waals surface area contributed by atoms with Crippen LogP contribution in [0, 0.1) is 0 Å². The zero-order valence-electron chi connectivity index (χ0n) is 10.7. The van der Waals surface area contributed by atoms with E-state index in [4.69, 9.17) is 4.74 Å². The Bertz CT molecular complexity index is 310. The molecule has 0 aliphatic rings. The first-order chi connectivity index (χ1) is 7.65. The average molecular weight is 265 g/mol. The number of rotatable bonds is 4. The van der Waals surface area contributed by atoms with E-state index in [1.807, 2.05) is 0 Å². The molecule has 0 aromatic rings. The molecular weight excluding hydrogens is 246 g/mol. The summed E-state index contributed by atoms with van der Waals surface area (Å²) in [5.74, 6) is -0.655. The highest BCUT2D eigenvalue weighted by atomic mass is 32.2. The SMILES string of the molecule is COC(=O)[C@H](CS(C)=O)NC(=O)OC(C)(C)C. The van der Waals surface area contributed by atoms with Crippen LogP contribution in [-0.4, -0.2) is 47.0 Å². The van der Waals surface area contributed by atoms with Crippen LogP contribution in [0.25, 0.3) is 0 Å². The van der Waals surface area contributed by atoms with Crippen molar-refractivity contribution in [3.8, 4) is 0 Å². The summed E-state index contributed by atoms with van der Waals surface area (Å²) in [5, 5.41) is 2.33. The lowest BCUT2D eigenvalue weighted by Crippen LogP contribution is -2.46. The van der Waals surface area contributed by atoms with Crippen LogP contribution >= 0.6 is 0 Å². The van der Waals surface area contributed by atoms with Gasteiger partial charge in [-0.15, -0.1) is 0 Å². The number of alkyl carbamates (subject to hydrolysis) is 1. The van der Waals surface area contributed by atoms with Gasteiger partial charge >= 0.3 is 12.1 Å². The lowest BCUT2D eigenvalue weighted by Gasteiger charge is -2.22. The molecule has 0 bridgehead atoms. The molecule has 1 amide bonds. The average Bonchev–Trinajstić information content (AvgIpc) is 2.11. The largest absolute Gasteiger partial charge is 0.467 e. The van der Waals surface area contributed by atoms with Crippen LogP contribution in [-0.2, 0) is 25.1 Å². The highest BCUT2D eigenvalue weighted by molar-refractivity contribution is 7.84. The van der Waals surface area contributed by atoms with Crippen molar-refractivity contribution in [2.45, 2.75) is 32.4 Å². The Kier molecular flexibility index (Phi) is 6.15. The monoisotopic (exact) mass is 265 g/mol. The summed E-state index contributed by atoms with van der Waals surface area (Å²) in [6.07, 6.45) is 0.700. The fourth-order valence-corrected chi connectivity index (χ4v) is 1.68. The van der Waals surface area contributed by atoms with Gasteiger partial charge in [0.1, 0.15) is 11.6 Å². The predicted molar refractivity (Wildman–Crippen MR) is 64.1 cm³/mol. The van der Waals surface area contributed by atoms with E-state index in [0.29, 0.717) is 0 Å². The molecule has 100 valence electrons. The van der Waals surface area contributed by atoms with E-state index in [9.17, 15) is 13.8 Å². The third-order valence-corrected chi connectivity index (χ3v) is 2.38. The van der Waals surface area contributed by atoms with E-state index in [1.54, 1.807) is 20.8 Å². The lowest BCUT2D eigenvalue weighted by atomic mass is 10.2. The number of hydrogen-bond donors (Lipinski definition) is 1. The van der Waals surface area contributed by atoms with Gasteiger partial charge in [-0.2, -0.15) is 0 Å². The van der Waals surface area contributed by atoms with E-state index in [2.05, 4.69) is 10.1 Å². The van der Waals surface area contributed by atoms with Gasteiger partial charge in [-0.1, -0.05) is 0 Å². The Hall–Kier alpha value is -1.11. The molecule has 0 aliphatic carbocycles. The van der Waals surface area contributed by atoms with Crippen LogP contribution < -0.4 is 5.32 Å². The van der Waals surface area contributed by atoms with Crippen molar-refractivity contribution in [1.82, 2.24) is 5.32 Å². The molecule has 1 N–H and O–H groups in total. The maximum Gasteiger partial charge on any atom is 0.408 e. The number of hydrogen-bond acceptors (Lipinski definition) is 5. The second-order valence-corrected chi connectivity index (χ2v) is 5.94. The van der Waals surface area contributed by atoms with Crippen LogP contribution in [0.1, 0.15) is 20.8 Å². The molecule has 0 radical (unpaired) electrons. The molecule has 7 heteroatoms. The fourth-order valence-electron chi connectivity index (χ4n) is 0.995. The smallest absolute Gasteiger partial charge is 0.408 e. The summed E-state index contributed by atoms with van der Waals surface area (Å²) in [7, 11) is -0.0294. The second kappa shape index (κ2) is 6.58. The minimum atomic E-state index is -1.23. The third-order valence-electron chi connectivity index (χ3n) is 1.58. The number of amides is 1. The molecule has 1 unspecified atom stereocenters. The van der Waals surface area contributed by atoms with Gasteiger partial charge in [-0.25, -0.2) is 9.59 Å². The quantitative estimate of drug-likeness (QED) is 0.745. The van der Waals surface area contributed by atoms with E-state index in [0.717, 1.165) is 0 Å². The highest BCUT2D eigenvalue weighted by Gasteiger charge is 2.25. The van der Waals surface area contributed by atoms with E-state index in [1.165, 1.54) is 13.4 Å². The molecule has 0 saturated heterocycles. The Morgan fingerprint density at radius 3 is 2.24 bits per heavy atom. The van der Waals surface area contributed by atoms with Gasteiger partial charge in [-0.3, -0.25) is 4.21 Å². The van der Waals surface area contributed by atoms with Crippen LogP contribution in [0.4, 0.5) is 4.79 Å². The molecule has 0 aromatic heterocycles. The van der Waals surface area contributed by atoms with Gasteiger partial charge in [-0.05, 0) is 20.8 Å².